The molecule has 0 radical (unpaired) electrons. The maximum atomic E-state index is 13.1. The van der Waals surface area contributed by atoms with Crippen LogP contribution in [0.4, 0.5) is 4.39 Å². The number of hydrogen-bond acceptors (Lipinski definition) is 4. The molecule has 1 aromatic carbocycles. The van der Waals surface area contributed by atoms with Crippen LogP contribution in [0.3, 0.4) is 0 Å². The Morgan fingerprint density at radius 2 is 1.68 bits per heavy atom. The number of ketones is 2. The molecule has 0 unspecified atom stereocenters. The molecule has 1 saturated heterocycles. The molecule has 4 rings (SSSR count). The topological polar surface area (TPSA) is 62.6 Å². The van der Waals surface area contributed by atoms with Crippen molar-refractivity contribution in [2.45, 2.75) is 58.5 Å². The molecule has 1 aromatic heterocycles. The van der Waals surface area contributed by atoms with Crippen LogP contribution >= 0.6 is 0 Å². The first-order valence-electron chi connectivity index (χ1n) is 12.4. The summed E-state index contributed by atoms with van der Waals surface area (Å²) in [7, 11) is 0. The molecule has 1 fully saturated rings. The lowest BCUT2D eigenvalue weighted by Gasteiger charge is -2.31. The summed E-state index contributed by atoms with van der Waals surface area (Å²) in [5.74, 6) is -0.206. The average Bonchev–Trinajstić information content (AvgIpc) is 3.21. The Morgan fingerprint density at radius 3 is 2.35 bits per heavy atom. The Kier molecular flexibility index (Phi) is 7.61. The SMILES string of the molecule is CC(C)N1CCC(=O)c2c(ccn2CCCCN2CCC(C(=O)c3ccc(F)cc3)CC2)C1=O. The highest BCUT2D eigenvalue weighted by Gasteiger charge is 2.31. The Morgan fingerprint density at radius 1 is 1.00 bits per heavy atom. The van der Waals surface area contributed by atoms with Crippen molar-refractivity contribution in [2.75, 3.05) is 26.2 Å². The zero-order valence-electron chi connectivity index (χ0n) is 20.1. The summed E-state index contributed by atoms with van der Waals surface area (Å²) in [5, 5.41) is 0. The number of piperidine rings is 1. The second-order valence-electron chi connectivity index (χ2n) is 9.73. The molecule has 3 heterocycles. The summed E-state index contributed by atoms with van der Waals surface area (Å²) in [6, 6.07) is 7.70. The van der Waals surface area contributed by atoms with Crippen molar-refractivity contribution in [1.29, 1.82) is 0 Å². The van der Waals surface area contributed by atoms with Gasteiger partial charge < -0.3 is 14.4 Å². The van der Waals surface area contributed by atoms with Gasteiger partial charge in [0, 0.05) is 43.2 Å². The maximum Gasteiger partial charge on any atom is 0.256 e. The molecule has 34 heavy (non-hydrogen) atoms. The highest BCUT2D eigenvalue weighted by Crippen LogP contribution is 2.24. The maximum absolute atomic E-state index is 13.1. The van der Waals surface area contributed by atoms with E-state index in [-0.39, 0.29) is 35.3 Å². The third-order valence-electron chi connectivity index (χ3n) is 7.13. The molecular formula is C27H34FN3O3. The van der Waals surface area contributed by atoms with E-state index in [2.05, 4.69) is 4.90 Å². The first-order valence-corrected chi connectivity index (χ1v) is 12.4. The van der Waals surface area contributed by atoms with E-state index >= 15 is 0 Å². The fourth-order valence-electron chi connectivity index (χ4n) is 5.12. The summed E-state index contributed by atoms with van der Waals surface area (Å²) in [4.78, 5) is 42.4. The first kappa shape index (κ1) is 24.3. The molecule has 2 aliphatic heterocycles. The van der Waals surface area contributed by atoms with Gasteiger partial charge in [0.25, 0.3) is 5.91 Å². The number of carbonyl (C=O) groups excluding carboxylic acids is 3. The van der Waals surface area contributed by atoms with E-state index in [0.29, 0.717) is 29.8 Å². The van der Waals surface area contributed by atoms with E-state index in [1.54, 1.807) is 23.1 Å². The normalized spacial score (nSPS) is 17.8. The number of aryl methyl sites for hydroxylation is 1. The van der Waals surface area contributed by atoms with Crippen molar-refractivity contribution in [3.8, 4) is 0 Å². The van der Waals surface area contributed by atoms with Gasteiger partial charge in [0.05, 0.1) is 11.3 Å². The summed E-state index contributed by atoms with van der Waals surface area (Å²) in [6.45, 7) is 7.87. The van der Waals surface area contributed by atoms with Crippen LogP contribution in [-0.4, -0.2) is 64.1 Å². The molecule has 0 spiro atoms. The Balaban J connectivity index is 1.24. The predicted molar refractivity (Wildman–Crippen MR) is 129 cm³/mol. The predicted octanol–water partition coefficient (Wildman–Crippen LogP) is 4.44. The number of halogens is 1. The zero-order valence-corrected chi connectivity index (χ0v) is 20.1. The lowest BCUT2D eigenvalue weighted by Crippen LogP contribution is -2.37. The van der Waals surface area contributed by atoms with Gasteiger partial charge in [0.1, 0.15) is 5.82 Å². The van der Waals surface area contributed by atoms with Crippen LogP contribution < -0.4 is 0 Å². The summed E-state index contributed by atoms with van der Waals surface area (Å²) < 4.78 is 15.1. The molecule has 0 aliphatic carbocycles. The van der Waals surface area contributed by atoms with Crippen LogP contribution in [0, 0.1) is 11.7 Å². The van der Waals surface area contributed by atoms with E-state index in [1.807, 2.05) is 24.6 Å². The molecule has 0 bridgehead atoms. The second kappa shape index (κ2) is 10.6. The van der Waals surface area contributed by atoms with Crippen LogP contribution in [0.5, 0.6) is 0 Å². The number of fused-ring (bicyclic) bond motifs is 1. The van der Waals surface area contributed by atoms with E-state index in [1.165, 1.54) is 12.1 Å². The molecule has 182 valence electrons. The third-order valence-corrected chi connectivity index (χ3v) is 7.13. The number of Topliss-reactive ketones (excluding diaryl/α,β-unsaturated/α-hetero) is 2. The number of benzene rings is 1. The van der Waals surface area contributed by atoms with Gasteiger partial charge >= 0.3 is 0 Å². The van der Waals surface area contributed by atoms with Crippen molar-refractivity contribution < 1.29 is 18.8 Å². The Bertz CT molecular complexity index is 1040. The van der Waals surface area contributed by atoms with Gasteiger partial charge in [-0.2, -0.15) is 0 Å². The first-order chi connectivity index (χ1) is 16.3. The Hall–Kier alpha value is -2.80. The molecule has 6 nitrogen and oxygen atoms in total. The molecule has 2 aliphatic rings. The molecule has 0 saturated carbocycles. The number of aromatic nitrogens is 1. The fourth-order valence-corrected chi connectivity index (χ4v) is 5.12. The van der Waals surface area contributed by atoms with Crippen molar-refractivity contribution in [1.82, 2.24) is 14.4 Å². The van der Waals surface area contributed by atoms with Crippen molar-refractivity contribution in [3.63, 3.8) is 0 Å². The largest absolute Gasteiger partial charge is 0.344 e. The summed E-state index contributed by atoms with van der Waals surface area (Å²) >= 11 is 0. The second-order valence-corrected chi connectivity index (χ2v) is 9.73. The number of nitrogens with zero attached hydrogens (tertiary/aromatic N) is 3. The van der Waals surface area contributed by atoms with Gasteiger partial charge in [-0.25, -0.2) is 4.39 Å². The van der Waals surface area contributed by atoms with Crippen molar-refractivity contribution >= 4 is 17.5 Å². The van der Waals surface area contributed by atoms with Gasteiger partial charge in [-0.15, -0.1) is 0 Å². The standard InChI is InChI=1S/C27H34FN3O3/c1-19(2)31-18-12-24(32)25-23(27(31)34)11-17-30(25)14-4-3-13-29-15-9-21(10-16-29)26(33)20-5-7-22(28)8-6-20/h5-8,11,17,19,21H,3-4,9-10,12-16,18H2,1-2H3. The minimum Gasteiger partial charge on any atom is -0.344 e. The minimum absolute atomic E-state index is 0.00555. The highest BCUT2D eigenvalue weighted by molar-refractivity contribution is 6.09. The lowest BCUT2D eigenvalue weighted by atomic mass is 9.89. The van der Waals surface area contributed by atoms with E-state index < -0.39 is 0 Å². The lowest BCUT2D eigenvalue weighted by molar-refractivity contribution is 0.0709. The smallest absolute Gasteiger partial charge is 0.256 e. The molecule has 2 aromatic rings. The summed E-state index contributed by atoms with van der Waals surface area (Å²) in [6.07, 6.45) is 5.80. The summed E-state index contributed by atoms with van der Waals surface area (Å²) in [5.41, 5.74) is 1.69. The molecular weight excluding hydrogens is 433 g/mol. The van der Waals surface area contributed by atoms with Gasteiger partial charge in [-0.1, -0.05) is 0 Å². The highest BCUT2D eigenvalue weighted by atomic mass is 19.1. The number of likely N-dealkylation sites (tertiary alicyclic amines) is 1. The van der Waals surface area contributed by atoms with Crippen LogP contribution in [0.1, 0.15) is 77.2 Å². The van der Waals surface area contributed by atoms with Crippen LogP contribution in [0.15, 0.2) is 36.5 Å². The van der Waals surface area contributed by atoms with Crippen LogP contribution in [0.2, 0.25) is 0 Å². The van der Waals surface area contributed by atoms with Crippen LogP contribution in [0.25, 0.3) is 0 Å². The number of hydrogen-bond donors (Lipinski definition) is 0. The van der Waals surface area contributed by atoms with Gasteiger partial charge in [0.2, 0.25) is 0 Å². The Labute approximate surface area is 200 Å². The quantitative estimate of drug-likeness (QED) is 0.425. The van der Waals surface area contributed by atoms with Gasteiger partial charge in [-0.05, 0) is 89.5 Å². The van der Waals surface area contributed by atoms with Crippen molar-refractivity contribution in [2.24, 2.45) is 5.92 Å². The number of amides is 1. The molecule has 1 amide bonds. The molecule has 0 N–H and O–H groups in total. The third kappa shape index (κ3) is 5.30. The van der Waals surface area contributed by atoms with E-state index in [4.69, 9.17) is 0 Å². The number of rotatable bonds is 8. The average molecular weight is 468 g/mol. The molecule has 0 atom stereocenters. The molecule has 7 heteroatoms. The number of unbranched alkanes of at least 4 members (excludes halogenated alkanes) is 1. The monoisotopic (exact) mass is 467 g/mol. The zero-order chi connectivity index (χ0) is 24.2. The van der Waals surface area contributed by atoms with Gasteiger partial charge in [-0.3, -0.25) is 14.4 Å². The fraction of sp³-hybridized carbons (Fsp3) is 0.519. The van der Waals surface area contributed by atoms with Crippen LogP contribution in [-0.2, 0) is 6.54 Å². The van der Waals surface area contributed by atoms with Crippen molar-refractivity contribution in [3.05, 3.63) is 59.2 Å². The van der Waals surface area contributed by atoms with E-state index in [0.717, 1.165) is 51.9 Å². The van der Waals surface area contributed by atoms with Gasteiger partial charge in [0.15, 0.2) is 11.6 Å². The minimum atomic E-state index is -0.323. The number of carbonyl (C=O) groups is 3. The van der Waals surface area contributed by atoms with E-state index in [9.17, 15) is 18.8 Å².